The summed E-state index contributed by atoms with van der Waals surface area (Å²) in [5, 5.41) is 0. The third kappa shape index (κ3) is 11.5. The van der Waals surface area contributed by atoms with E-state index in [9.17, 15) is 9.59 Å². The summed E-state index contributed by atoms with van der Waals surface area (Å²) in [6.45, 7) is 1.61. The minimum Gasteiger partial charge on any atom is -0.469 e. The lowest BCUT2D eigenvalue weighted by Crippen LogP contribution is -2.22. The van der Waals surface area contributed by atoms with E-state index in [1.165, 1.54) is 43.8 Å². The number of rotatable bonds is 17. The van der Waals surface area contributed by atoms with Crippen LogP contribution in [0.1, 0.15) is 93.7 Å². The Kier molecular flexibility index (Phi) is 14.6. The van der Waals surface area contributed by atoms with Crippen LogP contribution in [0, 0.1) is 0 Å². The van der Waals surface area contributed by atoms with Gasteiger partial charge in [-0.1, -0.05) is 37.5 Å². The average molecular weight is 477 g/mol. The first-order chi connectivity index (χ1) is 16.6. The van der Waals surface area contributed by atoms with Crippen LogP contribution < -0.4 is 0 Å². The number of unbranched alkanes of at least 4 members (excludes halogenated alkanes) is 5. The maximum atomic E-state index is 11.8. The van der Waals surface area contributed by atoms with Crippen molar-refractivity contribution in [2.75, 3.05) is 27.4 Å². The van der Waals surface area contributed by atoms with Gasteiger partial charge in [0.1, 0.15) is 0 Å². The number of methoxy groups -OCH3 is 2. The Labute approximate surface area is 205 Å². The number of benzene rings is 1. The summed E-state index contributed by atoms with van der Waals surface area (Å²) in [5.41, 5.74) is 3.97. The van der Waals surface area contributed by atoms with Crippen molar-refractivity contribution in [3.8, 4) is 0 Å². The number of esters is 2. The van der Waals surface area contributed by atoms with E-state index >= 15 is 0 Å². The summed E-state index contributed by atoms with van der Waals surface area (Å²) in [6.07, 6.45) is 14.4. The molecule has 1 saturated heterocycles. The first-order valence-corrected chi connectivity index (χ1v) is 13.1. The maximum absolute atomic E-state index is 11.8. The lowest BCUT2D eigenvalue weighted by atomic mass is 9.91. The topological polar surface area (TPSA) is 71.1 Å². The van der Waals surface area contributed by atoms with Gasteiger partial charge in [-0.15, -0.1) is 0 Å². The molecular weight excluding hydrogens is 432 g/mol. The second kappa shape index (κ2) is 17.5. The third-order valence-corrected chi connectivity index (χ3v) is 6.51. The summed E-state index contributed by atoms with van der Waals surface area (Å²) in [5.74, 6) is -0.310. The molecule has 0 aromatic heterocycles. The van der Waals surface area contributed by atoms with Gasteiger partial charge in [-0.25, -0.2) is 0 Å². The minimum atomic E-state index is -0.166. The Morgan fingerprint density at radius 3 is 2.12 bits per heavy atom. The highest BCUT2D eigenvalue weighted by atomic mass is 16.7. The molecule has 6 heteroatoms. The molecule has 1 fully saturated rings. The van der Waals surface area contributed by atoms with Crippen LogP contribution in [0.2, 0.25) is 0 Å². The van der Waals surface area contributed by atoms with E-state index in [0.29, 0.717) is 12.8 Å². The van der Waals surface area contributed by atoms with Crippen molar-refractivity contribution in [3.63, 3.8) is 0 Å². The highest BCUT2D eigenvalue weighted by Gasteiger charge is 2.14. The Hall–Kier alpha value is -1.92. The molecule has 192 valence electrons. The van der Waals surface area contributed by atoms with Crippen molar-refractivity contribution in [2.45, 2.75) is 103 Å². The Bertz CT molecular complexity index is 711. The van der Waals surface area contributed by atoms with Gasteiger partial charge in [0.25, 0.3) is 0 Å². The first kappa shape index (κ1) is 28.3. The lowest BCUT2D eigenvalue weighted by molar-refractivity contribution is -0.162. The summed E-state index contributed by atoms with van der Waals surface area (Å²) < 4.78 is 21.0. The van der Waals surface area contributed by atoms with Crippen LogP contribution in [0.4, 0.5) is 0 Å². The van der Waals surface area contributed by atoms with E-state index in [4.69, 9.17) is 18.9 Å². The fourth-order valence-electron chi connectivity index (χ4n) is 4.50. The molecule has 0 N–H and O–H groups in total. The second-order valence-corrected chi connectivity index (χ2v) is 9.10. The quantitative estimate of drug-likeness (QED) is 0.212. The highest BCUT2D eigenvalue weighted by molar-refractivity contribution is 5.69. The molecule has 1 aromatic rings. The first-order valence-electron chi connectivity index (χ1n) is 13.1. The summed E-state index contributed by atoms with van der Waals surface area (Å²) in [7, 11) is 2.88. The molecule has 0 radical (unpaired) electrons. The average Bonchev–Trinajstić information content (AvgIpc) is 2.87. The van der Waals surface area contributed by atoms with Crippen LogP contribution in [0.15, 0.2) is 18.2 Å². The number of carbonyl (C=O) groups is 2. The van der Waals surface area contributed by atoms with E-state index in [0.717, 1.165) is 83.8 Å². The largest absolute Gasteiger partial charge is 0.469 e. The van der Waals surface area contributed by atoms with Gasteiger partial charge in [-0.05, 0) is 80.9 Å². The molecule has 1 aromatic carbocycles. The van der Waals surface area contributed by atoms with Crippen molar-refractivity contribution in [1.29, 1.82) is 0 Å². The van der Waals surface area contributed by atoms with Crippen molar-refractivity contribution in [1.82, 2.24) is 0 Å². The summed E-state index contributed by atoms with van der Waals surface area (Å²) in [4.78, 5) is 23.1. The van der Waals surface area contributed by atoms with Crippen LogP contribution >= 0.6 is 0 Å². The molecule has 1 aliphatic heterocycles. The molecule has 1 aliphatic rings. The Balaban J connectivity index is 1.77. The van der Waals surface area contributed by atoms with Crippen molar-refractivity contribution in [3.05, 3.63) is 34.9 Å². The van der Waals surface area contributed by atoms with E-state index in [1.807, 2.05) is 0 Å². The molecule has 0 spiro atoms. The number of aryl methyl sites for hydroxylation is 2. The number of carbonyl (C=O) groups excluding carboxylic acids is 2. The monoisotopic (exact) mass is 476 g/mol. The molecular formula is C28H44O6. The van der Waals surface area contributed by atoms with Gasteiger partial charge in [0.15, 0.2) is 6.29 Å². The van der Waals surface area contributed by atoms with E-state index < -0.39 is 0 Å². The Morgan fingerprint density at radius 1 is 0.824 bits per heavy atom. The Morgan fingerprint density at radius 2 is 1.47 bits per heavy atom. The minimum absolute atomic E-state index is 0.00863. The number of hydrogen-bond acceptors (Lipinski definition) is 6. The van der Waals surface area contributed by atoms with E-state index in [2.05, 4.69) is 18.2 Å². The van der Waals surface area contributed by atoms with Crippen molar-refractivity contribution >= 4 is 11.9 Å². The van der Waals surface area contributed by atoms with E-state index in [1.54, 1.807) is 0 Å². The SMILES string of the molecule is COC(=O)CCCCCc1cccc(CCCCCCOC2CCCCO2)c1CCC(=O)OC. The van der Waals surface area contributed by atoms with E-state index in [-0.39, 0.29) is 18.2 Å². The molecule has 0 aliphatic carbocycles. The lowest BCUT2D eigenvalue weighted by Gasteiger charge is -2.22. The predicted molar refractivity (Wildman–Crippen MR) is 133 cm³/mol. The summed E-state index contributed by atoms with van der Waals surface area (Å²) >= 11 is 0. The smallest absolute Gasteiger partial charge is 0.305 e. The van der Waals surface area contributed by atoms with Crippen LogP contribution in [0.3, 0.4) is 0 Å². The summed E-state index contributed by atoms with van der Waals surface area (Å²) in [6, 6.07) is 6.52. The molecule has 34 heavy (non-hydrogen) atoms. The zero-order valence-electron chi connectivity index (χ0n) is 21.3. The van der Waals surface area contributed by atoms with Gasteiger partial charge in [0.05, 0.1) is 14.2 Å². The molecule has 1 atom stereocenters. The van der Waals surface area contributed by atoms with Gasteiger partial charge in [-0.2, -0.15) is 0 Å². The maximum Gasteiger partial charge on any atom is 0.305 e. The second-order valence-electron chi connectivity index (χ2n) is 9.10. The molecule has 0 saturated carbocycles. The zero-order valence-corrected chi connectivity index (χ0v) is 21.3. The third-order valence-electron chi connectivity index (χ3n) is 6.51. The fourth-order valence-corrected chi connectivity index (χ4v) is 4.50. The predicted octanol–water partition coefficient (Wildman–Crippen LogP) is 5.71. The van der Waals surface area contributed by atoms with Gasteiger partial charge in [0, 0.05) is 26.1 Å². The van der Waals surface area contributed by atoms with Gasteiger partial charge >= 0.3 is 11.9 Å². The normalized spacial score (nSPS) is 15.8. The van der Waals surface area contributed by atoms with Crippen LogP contribution in [0.25, 0.3) is 0 Å². The molecule has 0 amide bonds. The molecule has 6 nitrogen and oxygen atoms in total. The number of ether oxygens (including phenoxy) is 4. The van der Waals surface area contributed by atoms with Crippen LogP contribution in [0.5, 0.6) is 0 Å². The highest BCUT2D eigenvalue weighted by Crippen LogP contribution is 2.22. The van der Waals surface area contributed by atoms with Crippen LogP contribution in [-0.4, -0.2) is 45.7 Å². The zero-order chi connectivity index (χ0) is 24.4. The van der Waals surface area contributed by atoms with Gasteiger partial charge in [-0.3, -0.25) is 9.59 Å². The fraction of sp³-hybridized carbons (Fsp3) is 0.714. The van der Waals surface area contributed by atoms with Crippen molar-refractivity contribution < 1.29 is 28.5 Å². The van der Waals surface area contributed by atoms with Gasteiger partial charge in [0.2, 0.25) is 0 Å². The molecule has 1 unspecified atom stereocenters. The molecule has 1 heterocycles. The molecule has 2 rings (SSSR count). The number of hydrogen-bond donors (Lipinski definition) is 0. The van der Waals surface area contributed by atoms with Gasteiger partial charge < -0.3 is 18.9 Å². The standard InChI is InChI=1S/C28H44O6/c1-31-26(29)17-8-5-7-14-24-16-12-15-23(25(24)19-20-27(30)32-2)13-6-3-4-10-21-33-28-18-9-11-22-34-28/h12,15-16,28H,3-11,13-14,17-22H2,1-2H3. The van der Waals surface area contributed by atoms with Crippen molar-refractivity contribution in [2.24, 2.45) is 0 Å². The molecule has 0 bridgehead atoms. The van der Waals surface area contributed by atoms with Crippen LogP contribution in [-0.2, 0) is 47.8 Å².